The van der Waals surface area contributed by atoms with Crippen molar-refractivity contribution in [3.05, 3.63) is 12.2 Å². The van der Waals surface area contributed by atoms with Gasteiger partial charge in [0.2, 0.25) is 23.6 Å². The first-order chi connectivity index (χ1) is 59.5. The van der Waals surface area contributed by atoms with Crippen LogP contribution in [0.25, 0.3) is 0 Å². The number of amides is 4. The molecule has 6 aliphatic rings. The lowest BCUT2D eigenvalue weighted by Gasteiger charge is -2.51. The molecule has 6 saturated heterocycles. The van der Waals surface area contributed by atoms with Gasteiger partial charge in [-0.1, -0.05) is 167 Å². The molecule has 6 aliphatic heterocycles. The number of unbranched alkanes of at least 4 members (excludes halogenated alkanes) is 23. The van der Waals surface area contributed by atoms with Gasteiger partial charge in [-0.3, -0.25) is 19.2 Å². The zero-order chi connectivity index (χ0) is 92.4. The molecule has 0 saturated carbocycles. The van der Waals surface area contributed by atoms with Crippen LogP contribution in [0.5, 0.6) is 0 Å². The fourth-order valence-corrected chi connectivity index (χ4v) is 16.4. The first kappa shape index (κ1) is 109. The van der Waals surface area contributed by atoms with Crippen LogP contribution in [0.15, 0.2) is 12.2 Å². The van der Waals surface area contributed by atoms with Gasteiger partial charge in [-0.05, 0) is 19.3 Å². The summed E-state index contributed by atoms with van der Waals surface area (Å²) in [6.45, 7) is -0.712. The molecule has 6 rings (SSSR count). The maximum absolute atomic E-state index is 13.8. The summed E-state index contributed by atoms with van der Waals surface area (Å²) in [5.74, 6) is -14.4. The second-order valence-corrected chi connectivity index (χ2v) is 33.6. The summed E-state index contributed by atoms with van der Waals surface area (Å²) in [6, 6.07) is -6.90. The Hall–Kier alpha value is -4.68. The Balaban J connectivity index is 1.22. The number of hydrogen-bond acceptors (Lipinski definition) is 37. The molecular weight excluding hydrogens is 1660 g/mol. The van der Waals surface area contributed by atoms with E-state index in [9.17, 15) is 136 Å². The fourth-order valence-electron chi connectivity index (χ4n) is 16.4. The van der Waals surface area contributed by atoms with Gasteiger partial charge in [-0.15, -0.1) is 0 Å². The maximum Gasteiger partial charge on any atom is 0.364 e. The van der Waals surface area contributed by atoms with Crippen LogP contribution in [-0.4, -0.2) is 396 Å². The lowest BCUT2D eigenvalue weighted by molar-refractivity contribution is -0.383. The van der Waals surface area contributed by atoms with Gasteiger partial charge in [0.15, 0.2) is 25.2 Å². The molecule has 43 nitrogen and oxygen atoms in total. The van der Waals surface area contributed by atoms with Gasteiger partial charge in [-0.2, -0.15) is 0 Å². The highest BCUT2D eigenvalue weighted by atomic mass is 16.8. The molecule has 726 valence electrons. The largest absolute Gasteiger partial charge is 0.477 e. The van der Waals surface area contributed by atoms with Crippen molar-refractivity contribution >= 4 is 35.6 Å². The molecule has 125 heavy (non-hydrogen) atoms. The van der Waals surface area contributed by atoms with Crippen molar-refractivity contribution < 1.29 is 193 Å². The molecule has 4 amide bonds. The molecule has 0 aromatic carbocycles. The van der Waals surface area contributed by atoms with Crippen LogP contribution in [0, 0.1) is 0 Å². The Bertz CT molecular complexity index is 3160. The zero-order valence-corrected chi connectivity index (χ0v) is 72.1. The Morgan fingerprint density at radius 1 is 0.440 bits per heavy atom. The highest BCUT2D eigenvalue weighted by Crippen LogP contribution is 2.41. The third-order valence-electron chi connectivity index (χ3n) is 23.6. The molecule has 0 aromatic rings. The second-order valence-electron chi connectivity index (χ2n) is 33.6. The van der Waals surface area contributed by atoms with E-state index in [1.807, 2.05) is 6.08 Å². The van der Waals surface area contributed by atoms with Crippen LogP contribution in [0.4, 0.5) is 0 Å². The average Bonchev–Trinajstić information content (AvgIpc) is 0.758. The summed E-state index contributed by atoms with van der Waals surface area (Å²) in [6.07, 6.45) is -31.6. The van der Waals surface area contributed by atoms with Gasteiger partial charge in [-0.25, -0.2) is 9.59 Å². The normalized spacial score (nSPS) is 35.5. The molecule has 0 bridgehead atoms. The number of carboxylic acids is 2. The van der Waals surface area contributed by atoms with E-state index in [0.29, 0.717) is 12.8 Å². The van der Waals surface area contributed by atoms with Crippen molar-refractivity contribution in [3.63, 3.8) is 0 Å². The van der Waals surface area contributed by atoms with Crippen molar-refractivity contribution in [2.24, 2.45) is 0 Å². The minimum Gasteiger partial charge on any atom is -0.477 e. The molecule has 6 heterocycles. The van der Waals surface area contributed by atoms with Crippen LogP contribution >= 0.6 is 0 Å². The van der Waals surface area contributed by atoms with E-state index in [4.69, 9.17) is 56.8 Å². The Kier molecular flexibility index (Phi) is 48.0. The Morgan fingerprint density at radius 3 is 1.32 bits per heavy atom. The standard InChI is InChI=1S/C82H144N4O39/c1-6-8-10-12-14-16-18-20-22-24-26-28-30-32-47(95)46(86-56(99)33-31-29-27-25-23-21-19-17-15-13-11-9-7-2)41-114-76-68(108)65(105)71(53(39-90)117-76)121-78-69(109)66(106)70(54(40-91)118-78)120-75-59(85-45(5)94)72(122-77-67(107)64(104)61(101)51(37-88)116-77)63(103)55(119-75)42-115-81(79(110)111)34-48(96)58(84-44(4)93)74(124-81)62(102)52(38-89)123-82(80(112)113)35-49(97)57(83-43(3)92)73(125-82)60(100)50(98)36-87/h30,32,46-55,57-78,87-91,95-98,100-109H,6-29,31,33-42H2,1-5H3,(H,83,92)(H,84,93)(H,85,94)(H,86,99)(H,110,111)(H,112,113)/b32-30+/t46-,47+,48?,49?,50+,51?,52+,53?,54?,55?,57+,58+,59?,60+,61-,62+,63-,64-,65+,66+,67?,68?,69?,70-,71+,72+,73?,74?,75-,76+,77-,78-,81+,82+/m0/s1. The average molecular weight is 1810 g/mol. The number of aliphatic hydroxyl groups is 19. The molecule has 0 aliphatic carbocycles. The van der Waals surface area contributed by atoms with Crippen LogP contribution in [0.3, 0.4) is 0 Å². The third kappa shape index (κ3) is 31.8. The van der Waals surface area contributed by atoms with Gasteiger partial charge in [0.05, 0.1) is 82.7 Å². The van der Waals surface area contributed by atoms with Crippen molar-refractivity contribution in [1.29, 1.82) is 0 Å². The van der Waals surface area contributed by atoms with E-state index in [-0.39, 0.29) is 12.3 Å². The van der Waals surface area contributed by atoms with Gasteiger partial charge >= 0.3 is 11.9 Å². The number of rotatable bonds is 57. The van der Waals surface area contributed by atoms with Crippen molar-refractivity contribution in [2.75, 3.05) is 46.2 Å². The molecule has 25 N–H and O–H groups in total. The number of carbonyl (C=O) groups excluding carboxylic acids is 4. The predicted octanol–water partition coefficient (Wildman–Crippen LogP) is -4.65. The maximum atomic E-state index is 13.8. The number of nitrogens with one attached hydrogen (secondary N) is 4. The lowest BCUT2D eigenvalue weighted by atomic mass is 9.87. The SMILES string of the molecule is CCCCCCCCCCCCC/C=C/[C@@H](O)[C@H](CO[C@@H]1OC(CO)[C@@H](O[C@@H]2OC(CO)[C@H](O[C@@H]3OC(CO[C@]4(C(=O)O)CC(O)[C@@H](NC(C)=O)C([C@H](O)[C@@H](CO)O[C@]5(C(=O)O)CC(O)[C@@H](NC(C)=O)C([C@H](O)[C@H](O)CO)O5)O4)[C@H](O)[C@H](O[C@@H]4OC(CO)[C@H](O)[C@H](O)C4O)C3NC(C)=O)[C@H](O)C2O)[C@H](O)C1O)NC(=O)CCCCCCCCCCCCCCC. The van der Waals surface area contributed by atoms with Gasteiger partial charge < -0.3 is 185 Å². The molecule has 43 heteroatoms. The molecular formula is C82H144N4O39. The highest BCUT2D eigenvalue weighted by Gasteiger charge is 2.63. The van der Waals surface area contributed by atoms with E-state index in [1.165, 1.54) is 96.0 Å². The minimum atomic E-state index is -3.39. The Labute approximate surface area is 727 Å². The zero-order valence-electron chi connectivity index (χ0n) is 72.1. The molecule has 6 fully saturated rings. The number of hydrogen-bond donors (Lipinski definition) is 25. The van der Waals surface area contributed by atoms with E-state index in [1.54, 1.807) is 0 Å². The Morgan fingerprint density at radius 2 is 0.848 bits per heavy atom. The van der Waals surface area contributed by atoms with E-state index < -0.39 is 296 Å². The van der Waals surface area contributed by atoms with Gasteiger partial charge in [0, 0.05) is 40.0 Å². The summed E-state index contributed by atoms with van der Waals surface area (Å²) >= 11 is 0. The predicted molar refractivity (Wildman–Crippen MR) is 431 cm³/mol. The first-order valence-corrected chi connectivity index (χ1v) is 44.2. The summed E-state index contributed by atoms with van der Waals surface area (Å²) < 4.78 is 71.0. The van der Waals surface area contributed by atoms with Crippen molar-refractivity contribution in [3.8, 4) is 0 Å². The molecule has 34 atom stereocenters. The number of ether oxygens (including phenoxy) is 12. The summed E-state index contributed by atoms with van der Waals surface area (Å²) in [4.78, 5) is 79.0. The highest BCUT2D eigenvalue weighted by molar-refractivity contribution is 5.78. The number of aliphatic carboxylic acids is 2. The van der Waals surface area contributed by atoms with Crippen LogP contribution in [0.2, 0.25) is 0 Å². The smallest absolute Gasteiger partial charge is 0.364 e. The van der Waals surface area contributed by atoms with Crippen LogP contribution in [0.1, 0.15) is 214 Å². The van der Waals surface area contributed by atoms with Gasteiger partial charge in [0.25, 0.3) is 11.6 Å². The number of aliphatic hydroxyl groups excluding tert-OH is 19. The van der Waals surface area contributed by atoms with E-state index >= 15 is 0 Å². The van der Waals surface area contributed by atoms with Crippen LogP contribution in [-0.2, 0) is 85.6 Å². The second kappa shape index (κ2) is 55.0. The molecule has 0 aromatic heterocycles. The van der Waals surface area contributed by atoms with Crippen molar-refractivity contribution in [2.45, 2.75) is 422 Å². The lowest BCUT2D eigenvalue weighted by Crippen LogP contribution is -2.71. The number of carboxylic acid groups (broad SMARTS) is 2. The van der Waals surface area contributed by atoms with Crippen LogP contribution < -0.4 is 21.3 Å². The minimum absolute atomic E-state index is 0.135. The van der Waals surface area contributed by atoms with Crippen molar-refractivity contribution in [1.82, 2.24) is 21.3 Å². The number of allylic oxidation sites excluding steroid dienone is 1. The van der Waals surface area contributed by atoms with Gasteiger partial charge in [0.1, 0.15) is 134 Å². The summed E-state index contributed by atoms with van der Waals surface area (Å²) in [7, 11) is 0. The summed E-state index contributed by atoms with van der Waals surface area (Å²) in [5, 5.41) is 245. The monoisotopic (exact) mass is 1810 g/mol. The number of carbonyl (C=O) groups is 6. The summed E-state index contributed by atoms with van der Waals surface area (Å²) in [5.41, 5.74) is 0. The quantitative estimate of drug-likeness (QED) is 0.0201. The topological polar surface area (TPSA) is 686 Å². The van der Waals surface area contributed by atoms with E-state index in [2.05, 4.69) is 35.1 Å². The fraction of sp³-hybridized carbons (Fsp3) is 0.902. The van der Waals surface area contributed by atoms with E-state index in [0.717, 1.165) is 78.6 Å². The first-order valence-electron chi connectivity index (χ1n) is 44.2. The molecule has 12 unspecified atom stereocenters. The molecule has 0 radical (unpaired) electrons. The molecule has 0 spiro atoms. The third-order valence-corrected chi connectivity index (χ3v) is 23.6.